The number of hydrogen-bond donors (Lipinski definition) is 2. The van der Waals surface area contributed by atoms with Gasteiger partial charge in [-0.25, -0.2) is 9.50 Å². The van der Waals surface area contributed by atoms with E-state index in [4.69, 9.17) is 0 Å². The van der Waals surface area contributed by atoms with E-state index >= 15 is 0 Å². The van der Waals surface area contributed by atoms with Crippen LogP contribution < -0.4 is 5.32 Å². The number of nitrogens with one attached hydrogen (secondary N) is 1. The Hall–Kier alpha value is -1.46. The Kier molecular flexibility index (Phi) is 3.48. The maximum absolute atomic E-state index is 9.49. The number of aryl methyl sites for hydroxylation is 1. The predicted octanol–water partition coefficient (Wildman–Crippen LogP) is 1.29. The zero-order chi connectivity index (χ0) is 13.2. The zero-order valence-electron chi connectivity index (χ0n) is 11.2. The van der Waals surface area contributed by atoms with Crippen LogP contribution in [-0.2, 0) is 6.54 Å². The summed E-state index contributed by atoms with van der Waals surface area (Å²) in [5, 5.41) is 17.3. The van der Waals surface area contributed by atoms with E-state index in [1.54, 1.807) is 0 Å². The van der Waals surface area contributed by atoms with Crippen LogP contribution in [-0.4, -0.2) is 32.4 Å². The van der Waals surface area contributed by atoms with Crippen LogP contribution in [0, 0.1) is 12.8 Å². The van der Waals surface area contributed by atoms with Crippen molar-refractivity contribution in [3.8, 4) is 0 Å². The molecule has 0 amide bonds. The van der Waals surface area contributed by atoms with Crippen molar-refractivity contribution in [1.82, 2.24) is 19.9 Å². The Morgan fingerprint density at radius 3 is 3.16 bits per heavy atom. The maximum atomic E-state index is 9.49. The summed E-state index contributed by atoms with van der Waals surface area (Å²) in [6.07, 6.45) is 6.84. The van der Waals surface area contributed by atoms with E-state index in [-0.39, 0.29) is 6.10 Å². The molecule has 2 unspecified atom stereocenters. The lowest BCUT2D eigenvalue weighted by molar-refractivity contribution is 0.177. The lowest BCUT2D eigenvalue weighted by atomic mass is 10.1. The Balaban J connectivity index is 1.56. The molecule has 0 saturated heterocycles. The molecule has 1 aliphatic carbocycles. The van der Waals surface area contributed by atoms with Crippen LogP contribution in [0.25, 0.3) is 5.65 Å². The molecule has 2 aromatic heterocycles. The number of aromatic nitrogens is 3. The summed E-state index contributed by atoms with van der Waals surface area (Å²) < 4.78 is 1.83. The molecule has 0 bridgehead atoms. The summed E-state index contributed by atoms with van der Waals surface area (Å²) in [4.78, 5) is 4.38. The van der Waals surface area contributed by atoms with Crippen LogP contribution in [0.2, 0.25) is 0 Å². The summed E-state index contributed by atoms with van der Waals surface area (Å²) in [5.74, 6) is 0.610. The highest BCUT2D eigenvalue weighted by Crippen LogP contribution is 2.24. The van der Waals surface area contributed by atoms with Gasteiger partial charge in [0.05, 0.1) is 11.8 Å². The van der Waals surface area contributed by atoms with E-state index in [1.165, 1.54) is 0 Å². The molecule has 0 spiro atoms. The van der Waals surface area contributed by atoms with Gasteiger partial charge < -0.3 is 10.4 Å². The van der Waals surface area contributed by atoms with E-state index in [2.05, 4.69) is 15.4 Å². The zero-order valence-corrected chi connectivity index (χ0v) is 11.2. The van der Waals surface area contributed by atoms with Gasteiger partial charge in [-0.15, -0.1) is 0 Å². The molecule has 2 aromatic rings. The van der Waals surface area contributed by atoms with Gasteiger partial charge in [0.15, 0.2) is 5.65 Å². The molecular weight excluding hydrogens is 240 g/mol. The maximum Gasteiger partial charge on any atom is 0.155 e. The van der Waals surface area contributed by atoms with Gasteiger partial charge in [-0.3, -0.25) is 0 Å². The normalized spacial score (nSPS) is 23.3. The quantitative estimate of drug-likeness (QED) is 0.869. The van der Waals surface area contributed by atoms with Crippen LogP contribution in [0.3, 0.4) is 0 Å². The predicted molar refractivity (Wildman–Crippen MR) is 72.8 cm³/mol. The second-order valence-corrected chi connectivity index (χ2v) is 5.51. The SMILES string of the molecule is Cc1cc2ncc(CNCC3CCC(O)C3)cn2n1. The van der Waals surface area contributed by atoms with E-state index in [9.17, 15) is 5.11 Å². The number of aliphatic hydroxyl groups excluding tert-OH is 1. The van der Waals surface area contributed by atoms with Gasteiger partial charge in [0.25, 0.3) is 0 Å². The highest BCUT2D eigenvalue weighted by molar-refractivity contribution is 5.38. The molecule has 0 aromatic carbocycles. The molecule has 3 rings (SSSR count). The van der Waals surface area contributed by atoms with Gasteiger partial charge in [-0.05, 0) is 38.6 Å². The lowest BCUT2D eigenvalue weighted by Gasteiger charge is -2.10. The van der Waals surface area contributed by atoms with Crippen molar-refractivity contribution in [2.45, 2.75) is 38.8 Å². The van der Waals surface area contributed by atoms with Crippen molar-refractivity contribution >= 4 is 5.65 Å². The fraction of sp³-hybridized carbons (Fsp3) is 0.571. The first kappa shape index (κ1) is 12.6. The molecule has 1 aliphatic rings. The molecule has 1 saturated carbocycles. The smallest absolute Gasteiger partial charge is 0.155 e. The molecule has 5 nitrogen and oxygen atoms in total. The van der Waals surface area contributed by atoms with Gasteiger partial charge in [0.2, 0.25) is 0 Å². The topological polar surface area (TPSA) is 62.5 Å². The monoisotopic (exact) mass is 260 g/mol. The molecule has 2 heterocycles. The highest BCUT2D eigenvalue weighted by atomic mass is 16.3. The molecule has 1 fully saturated rings. The average molecular weight is 260 g/mol. The first-order chi connectivity index (χ1) is 9.20. The van der Waals surface area contributed by atoms with Crippen LogP contribution in [0.15, 0.2) is 18.5 Å². The van der Waals surface area contributed by atoms with Crippen molar-refractivity contribution in [2.24, 2.45) is 5.92 Å². The second kappa shape index (κ2) is 5.27. The Morgan fingerprint density at radius 2 is 2.37 bits per heavy atom. The van der Waals surface area contributed by atoms with E-state index in [0.717, 1.165) is 49.3 Å². The molecule has 102 valence electrons. The van der Waals surface area contributed by atoms with Crippen molar-refractivity contribution < 1.29 is 5.11 Å². The van der Waals surface area contributed by atoms with Crippen LogP contribution in [0.5, 0.6) is 0 Å². The molecule has 0 aliphatic heterocycles. The minimum Gasteiger partial charge on any atom is -0.393 e. The molecule has 2 N–H and O–H groups in total. The van der Waals surface area contributed by atoms with Gasteiger partial charge in [-0.1, -0.05) is 0 Å². The number of fused-ring (bicyclic) bond motifs is 1. The minimum atomic E-state index is -0.0862. The highest BCUT2D eigenvalue weighted by Gasteiger charge is 2.21. The number of aliphatic hydroxyl groups is 1. The molecule has 5 heteroatoms. The van der Waals surface area contributed by atoms with E-state index in [1.807, 2.05) is 29.9 Å². The summed E-state index contributed by atoms with van der Waals surface area (Å²) in [5.41, 5.74) is 3.01. The van der Waals surface area contributed by atoms with Gasteiger partial charge >= 0.3 is 0 Å². The first-order valence-electron chi connectivity index (χ1n) is 6.90. The standard InChI is InChI=1S/C14H20N4O/c1-10-4-14-16-8-12(9-18(14)17-10)7-15-6-11-2-3-13(19)5-11/h4,8-9,11,13,15,19H,2-3,5-7H2,1H3. The van der Waals surface area contributed by atoms with Crippen LogP contribution in [0.1, 0.15) is 30.5 Å². The number of nitrogens with zero attached hydrogens (tertiary/aromatic N) is 3. The first-order valence-corrected chi connectivity index (χ1v) is 6.90. The van der Waals surface area contributed by atoms with Crippen molar-refractivity contribution in [1.29, 1.82) is 0 Å². The second-order valence-electron chi connectivity index (χ2n) is 5.51. The Morgan fingerprint density at radius 1 is 1.47 bits per heavy atom. The van der Waals surface area contributed by atoms with Crippen LogP contribution in [0.4, 0.5) is 0 Å². The molecule has 0 radical (unpaired) electrons. The number of rotatable bonds is 4. The third-order valence-electron chi connectivity index (χ3n) is 3.76. The fourth-order valence-corrected chi connectivity index (χ4v) is 2.78. The van der Waals surface area contributed by atoms with E-state index < -0.39 is 0 Å². The largest absolute Gasteiger partial charge is 0.393 e. The fourth-order valence-electron chi connectivity index (χ4n) is 2.78. The average Bonchev–Trinajstić information content (AvgIpc) is 2.94. The third-order valence-corrected chi connectivity index (χ3v) is 3.76. The Labute approximate surface area is 112 Å². The van der Waals surface area contributed by atoms with Gasteiger partial charge in [0.1, 0.15) is 0 Å². The van der Waals surface area contributed by atoms with Crippen molar-refractivity contribution in [3.05, 3.63) is 29.7 Å². The van der Waals surface area contributed by atoms with Crippen LogP contribution >= 0.6 is 0 Å². The van der Waals surface area contributed by atoms with Crippen molar-refractivity contribution in [3.63, 3.8) is 0 Å². The molecule has 2 atom stereocenters. The summed E-state index contributed by atoms with van der Waals surface area (Å²) in [6, 6.07) is 1.97. The van der Waals surface area contributed by atoms with Crippen molar-refractivity contribution in [2.75, 3.05) is 6.54 Å². The summed E-state index contributed by atoms with van der Waals surface area (Å²) >= 11 is 0. The number of hydrogen-bond acceptors (Lipinski definition) is 4. The minimum absolute atomic E-state index is 0.0862. The summed E-state index contributed by atoms with van der Waals surface area (Å²) in [7, 11) is 0. The van der Waals surface area contributed by atoms with E-state index in [0.29, 0.717) is 5.92 Å². The lowest BCUT2D eigenvalue weighted by Crippen LogP contribution is -2.21. The Bertz CT molecular complexity index is 566. The third kappa shape index (κ3) is 2.93. The van der Waals surface area contributed by atoms with Gasteiger partial charge in [0, 0.05) is 30.6 Å². The molecule has 19 heavy (non-hydrogen) atoms. The molecular formula is C14H20N4O. The van der Waals surface area contributed by atoms with Gasteiger partial charge in [-0.2, -0.15) is 5.10 Å². The summed E-state index contributed by atoms with van der Waals surface area (Å²) in [6.45, 7) is 3.74.